The number of nitrogens with two attached hydrogens (primary N) is 1. The number of carbonyl (C=O) groups excluding carboxylic acids is 1. The summed E-state index contributed by atoms with van der Waals surface area (Å²) in [5, 5.41) is 2.94. The number of nitrogens with one attached hydrogen (secondary N) is 1. The van der Waals surface area contributed by atoms with Crippen LogP contribution in [0.15, 0.2) is 34.8 Å². The number of anilines is 2. The highest BCUT2D eigenvalue weighted by atomic mass is 79.9. The molecule has 4 heteroatoms. The third kappa shape index (κ3) is 3.20. The molecule has 0 fully saturated rings. The van der Waals surface area contributed by atoms with E-state index in [9.17, 15) is 4.79 Å². The number of hydrogen-bond acceptors (Lipinski definition) is 2. The zero-order valence-electron chi connectivity index (χ0n) is 11.8. The Morgan fingerprint density at radius 1 is 1.05 bits per heavy atom. The van der Waals surface area contributed by atoms with Crippen molar-refractivity contribution in [1.82, 2.24) is 0 Å². The first-order valence-electron chi connectivity index (χ1n) is 6.32. The van der Waals surface area contributed by atoms with Gasteiger partial charge in [0.1, 0.15) is 0 Å². The van der Waals surface area contributed by atoms with E-state index in [4.69, 9.17) is 5.73 Å². The van der Waals surface area contributed by atoms with Gasteiger partial charge in [0.15, 0.2) is 0 Å². The van der Waals surface area contributed by atoms with Crippen LogP contribution < -0.4 is 11.1 Å². The van der Waals surface area contributed by atoms with E-state index in [1.54, 1.807) is 6.07 Å². The largest absolute Gasteiger partial charge is 0.399 e. The Kier molecular flexibility index (Phi) is 4.14. The van der Waals surface area contributed by atoms with Gasteiger partial charge in [0.2, 0.25) is 0 Å². The van der Waals surface area contributed by atoms with Crippen molar-refractivity contribution in [2.45, 2.75) is 20.8 Å². The van der Waals surface area contributed by atoms with Gasteiger partial charge in [-0.05, 0) is 77.7 Å². The summed E-state index contributed by atoms with van der Waals surface area (Å²) in [6.07, 6.45) is 0. The van der Waals surface area contributed by atoms with Gasteiger partial charge in [-0.25, -0.2) is 0 Å². The van der Waals surface area contributed by atoms with E-state index in [0.717, 1.165) is 26.9 Å². The van der Waals surface area contributed by atoms with E-state index in [0.29, 0.717) is 11.3 Å². The zero-order chi connectivity index (χ0) is 14.9. The van der Waals surface area contributed by atoms with Crippen molar-refractivity contribution >= 4 is 33.2 Å². The molecule has 0 spiro atoms. The van der Waals surface area contributed by atoms with Crippen LogP contribution in [0.3, 0.4) is 0 Å². The van der Waals surface area contributed by atoms with Crippen molar-refractivity contribution in [2.24, 2.45) is 0 Å². The summed E-state index contributed by atoms with van der Waals surface area (Å²) in [5.74, 6) is -0.159. The van der Waals surface area contributed by atoms with Crippen LogP contribution in [0.2, 0.25) is 0 Å². The Morgan fingerprint density at radius 3 is 2.30 bits per heavy atom. The average molecular weight is 333 g/mol. The summed E-state index contributed by atoms with van der Waals surface area (Å²) in [6, 6.07) is 9.35. The summed E-state index contributed by atoms with van der Waals surface area (Å²) < 4.78 is 0.879. The van der Waals surface area contributed by atoms with E-state index in [2.05, 4.69) is 21.2 Å². The van der Waals surface area contributed by atoms with E-state index in [1.165, 1.54) is 0 Å². The molecule has 104 valence electrons. The molecule has 0 bridgehead atoms. The molecule has 3 nitrogen and oxygen atoms in total. The summed E-state index contributed by atoms with van der Waals surface area (Å²) in [6.45, 7) is 5.91. The lowest BCUT2D eigenvalue weighted by atomic mass is 10.1. The zero-order valence-corrected chi connectivity index (χ0v) is 13.3. The number of hydrogen-bond donors (Lipinski definition) is 2. The highest BCUT2D eigenvalue weighted by Gasteiger charge is 2.11. The van der Waals surface area contributed by atoms with Gasteiger partial charge < -0.3 is 11.1 Å². The van der Waals surface area contributed by atoms with Crippen molar-refractivity contribution in [2.75, 3.05) is 11.1 Å². The SMILES string of the molecule is Cc1cc(N)cc(C(=O)Nc2c(C)cc(C)cc2Br)c1. The van der Waals surface area contributed by atoms with Gasteiger partial charge in [-0.1, -0.05) is 6.07 Å². The molecule has 0 unspecified atom stereocenters. The number of benzene rings is 2. The minimum Gasteiger partial charge on any atom is -0.399 e. The first-order chi connectivity index (χ1) is 9.36. The lowest BCUT2D eigenvalue weighted by molar-refractivity contribution is 0.102. The molecule has 0 heterocycles. The molecule has 0 aliphatic heterocycles. The molecule has 0 saturated carbocycles. The molecular weight excluding hydrogens is 316 g/mol. The van der Waals surface area contributed by atoms with Crippen LogP contribution >= 0.6 is 15.9 Å². The lowest BCUT2D eigenvalue weighted by Gasteiger charge is -2.12. The fourth-order valence-electron chi connectivity index (χ4n) is 2.20. The summed E-state index contributed by atoms with van der Waals surface area (Å²) >= 11 is 3.49. The van der Waals surface area contributed by atoms with Crippen LogP contribution in [0.1, 0.15) is 27.0 Å². The van der Waals surface area contributed by atoms with Crippen LogP contribution in [0.5, 0.6) is 0 Å². The first kappa shape index (κ1) is 14.6. The van der Waals surface area contributed by atoms with Crippen molar-refractivity contribution in [3.05, 3.63) is 57.1 Å². The Balaban J connectivity index is 2.32. The molecule has 1 amide bonds. The van der Waals surface area contributed by atoms with Crippen molar-refractivity contribution < 1.29 is 4.79 Å². The van der Waals surface area contributed by atoms with E-state index >= 15 is 0 Å². The smallest absolute Gasteiger partial charge is 0.255 e. The van der Waals surface area contributed by atoms with E-state index in [1.807, 2.05) is 45.0 Å². The number of carbonyl (C=O) groups is 1. The third-order valence-electron chi connectivity index (χ3n) is 3.03. The van der Waals surface area contributed by atoms with Crippen LogP contribution in [-0.4, -0.2) is 5.91 Å². The maximum Gasteiger partial charge on any atom is 0.255 e. The lowest BCUT2D eigenvalue weighted by Crippen LogP contribution is -2.14. The number of halogens is 1. The van der Waals surface area contributed by atoms with Crippen molar-refractivity contribution in [3.63, 3.8) is 0 Å². The van der Waals surface area contributed by atoms with E-state index < -0.39 is 0 Å². The van der Waals surface area contributed by atoms with Gasteiger partial charge in [-0.3, -0.25) is 4.79 Å². The molecule has 20 heavy (non-hydrogen) atoms. The molecule has 2 aromatic rings. The van der Waals surface area contributed by atoms with E-state index in [-0.39, 0.29) is 5.91 Å². The topological polar surface area (TPSA) is 55.1 Å². The fourth-order valence-corrected chi connectivity index (χ4v) is 2.98. The van der Waals surface area contributed by atoms with Gasteiger partial charge >= 0.3 is 0 Å². The number of nitrogen functional groups attached to an aromatic ring is 1. The second-order valence-corrected chi connectivity index (χ2v) is 5.88. The van der Waals surface area contributed by atoms with Crippen molar-refractivity contribution in [3.8, 4) is 0 Å². The van der Waals surface area contributed by atoms with Crippen LogP contribution in [0.25, 0.3) is 0 Å². The van der Waals surface area contributed by atoms with Gasteiger partial charge in [0, 0.05) is 15.7 Å². The molecule has 0 atom stereocenters. The first-order valence-corrected chi connectivity index (χ1v) is 7.11. The maximum absolute atomic E-state index is 12.3. The summed E-state index contributed by atoms with van der Waals surface area (Å²) in [5.41, 5.74) is 10.9. The number of aryl methyl sites for hydroxylation is 3. The summed E-state index contributed by atoms with van der Waals surface area (Å²) in [4.78, 5) is 12.3. The Bertz CT molecular complexity index is 637. The van der Waals surface area contributed by atoms with Crippen LogP contribution in [0.4, 0.5) is 11.4 Å². The van der Waals surface area contributed by atoms with Gasteiger partial charge in [0.25, 0.3) is 5.91 Å². The Labute approximate surface area is 127 Å². The molecule has 0 aliphatic carbocycles. The van der Waals surface area contributed by atoms with Crippen LogP contribution in [-0.2, 0) is 0 Å². The monoisotopic (exact) mass is 332 g/mol. The molecule has 3 N–H and O–H groups in total. The minimum absolute atomic E-state index is 0.159. The Morgan fingerprint density at radius 2 is 1.70 bits per heavy atom. The molecule has 0 saturated heterocycles. The highest BCUT2D eigenvalue weighted by molar-refractivity contribution is 9.10. The van der Waals surface area contributed by atoms with Gasteiger partial charge in [-0.15, -0.1) is 0 Å². The second kappa shape index (κ2) is 5.67. The highest BCUT2D eigenvalue weighted by Crippen LogP contribution is 2.28. The fraction of sp³-hybridized carbons (Fsp3) is 0.188. The standard InChI is InChI=1S/C16H17BrN2O/c1-9-4-11(3)15(14(17)7-9)19-16(20)12-5-10(2)6-13(18)8-12/h4-8H,18H2,1-3H3,(H,19,20). The van der Waals surface area contributed by atoms with Crippen LogP contribution in [0, 0.1) is 20.8 Å². The number of amides is 1. The van der Waals surface area contributed by atoms with Gasteiger partial charge in [0.05, 0.1) is 5.69 Å². The third-order valence-corrected chi connectivity index (χ3v) is 3.66. The average Bonchev–Trinajstić information content (AvgIpc) is 2.32. The predicted octanol–water partition coefficient (Wildman–Crippen LogP) is 4.21. The molecule has 0 aliphatic rings. The molecular formula is C16H17BrN2O. The predicted molar refractivity (Wildman–Crippen MR) is 87.2 cm³/mol. The second-order valence-electron chi connectivity index (χ2n) is 5.03. The minimum atomic E-state index is -0.159. The maximum atomic E-state index is 12.3. The number of rotatable bonds is 2. The molecule has 0 aromatic heterocycles. The quantitative estimate of drug-likeness (QED) is 0.809. The summed E-state index contributed by atoms with van der Waals surface area (Å²) in [7, 11) is 0. The van der Waals surface area contributed by atoms with Gasteiger partial charge in [-0.2, -0.15) is 0 Å². The molecule has 2 rings (SSSR count). The molecule has 2 aromatic carbocycles. The normalized spacial score (nSPS) is 10.4. The Hall–Kier alpha value is -1.81. The van der Waals surface area contributed by atoms with Crippen molar-refractivity contribution in [1.29, 1.82) is 0 Å². The molecule has 0 radical (unpaired) electrons.